The molecule has 0 aromatic carbocycles. The van der Waals surface area contributed by atoms with Gasteiger partial charge in [0.05, 0.1) is 0 Å². The van der Waals surface area contributed by atoms with Crippen molar-refractivity contribution < 1.29 is 0 Å². The van der Waals surface area contributed by atoms with E-state index in [2.05, 4.69) is 25.7 Å². The summed E-state index contributed by atoms with van der Waals surface area (Å²) in [4.78, 5) is 14.8. The normalized spacial score (nSPS) is 17.1. The number of rotatable bonds is 4. The summed E-state index contributed by atoms with van der Waals surface area (Å²) < 4.78 is 0. The summed E-state index contributed by atoms with van der Waals surface area (Å²) in [5.41, 5.74) is 2.49. The molecule has 1 heterocycles. The molecule has 1 aliphatic rings. The topological polar surface area (TPSA) is 92.0 Å². The van der Waals surface area contributed by atoms with E-state index in [-0.39, 0.29) is 0 Å². The zero-order valence-corrected chi connectivity index (χ0v) is 12.4. The minimum atomic E-state index is 0.386. The zero-order valence-electron chi connectivity index (χ0n) is 12.4. The SMILES string of the molecule is CN(C)c1nc(NN)nc(NC2CCCCCCC2)n1. The number of anilines is 3. The van der Waals surface area contributed by atoms with E-state index < -0.39 is 0 Å². The first-order chi connectivity index (χ1) is 9.69. The Morgan fingerprint density at radius 1 is 0.950 bits per heavy atom. The van der Waals surface area contributed by atoms with Crippen LogP contribution >= 0.6 is 0 Å². The fraction of sp³-hybridized carbons (Fsp3) is 0.769. The summed E-state index contributed by atoms with van der Waals surface area (Å²) in [6.45, 7) is 0. The molecule has 0 atom stereocenters. The van der Waals surface area contributed by atoms with Crippen LogP contribution in [0.5, 0.6) is 0 Å². The summed E-state index contributed by atoms with van der Waals surface area (Å²) >= 11 is 0. The lowest BCUT2D eigenvalue weighted by atomic mass is 9.97. The van der Waals surface area contributed by atoms with Gasteiger partial charge in [0.2, 0.25) is 17.8 Å². The van der Waals surface area contributed by atoms with Crippen molar-refractivity contribution in [1.29, 1.82) is 0 Å². The van der Waals surface area contributed by atoms with Crippen molar-refractivity contribution in [3.8, 4) is 0 Å². The van der Waals surface area contributed by atoms with Crippen LogP contribution in [-0.2, 0) is 0 Å². The molecule has 1 aliphatic carbocycles. The minimum absolute atomic E-state index is 0.386. The molecule has 0 aliphatic heterocycles. The Kier molecular flexibility index (Phi) is 5.34. The van der Waals surface area contributed by atoms with Gasteiger partial charge in [0, 0.05) is 20.1 Å². The smallest absolute Gasteiger partial charge is 0.243 e. The third kappa shape index (κ3) is 4.19. The lowest BCUT2D eigenvalue weighted by molar-refractivity contribution is 0.470. The fourth-order valence-corrected chi connectivity index (χ4v) is 2.48. The van der Waals surface area contributed by atoms with Crippen molar-refractivity contribution in [2.45, 2.75) is 51.0 Å². The molecule has 0 unspecified atom stereocenters. The summed E-state index contributed by atoms with van der Waals surface area (Å²) in [5.74, 6) is 7.00. The molecule has 7 nitrogen and oxygen atoms in total. The molecule has 2 rings (SSSR count). The van der Waals surface area contributed by atoms with Crippen LogP contribution in [0.4, 0.5) is 17.8 Å². The molecule has 0 amide bonds. The minimum Gasteiger partial charge on any atom is -0.351 e. The summed E-state index contributed by atoms with van der Waals surface area (Å²) in [6, 6.07) is 0.443. The van der Waals surface area contributed by atoms with Crippen LogP contribution in [0.1, 0.15) is 44.9 Å². The van der Waals surface area contributed by atoms with Gasteiger partial charge in [-0.15, -0.1) is 0 Å². The van der Waals surface area contributed by atoms with Gasteiger partial charge < -0.3 is 10.2 Å². The summed E-state index contributed by atoms with van der Waals surface area (Å²) in [7, 11) is 3.80. The number of hydrazine groups is 1. The lowest BCUT2D eigenvalue weighted by Crippen LogP contribution is -2.24. The van der Waals surface area contributed by atoms with E-state index in [1.807, 2.05) is 19.0 Å². The molecule has 7 heteroatoms. The number of aromatic nitrogens is 3. The third-order valence-corrected chi connectivity index (χ3v) is 3.59. The number of nitrogen functional groups attached to an aromatic ring is 1. The molecule has 0 bridgehead atoms. The predicted molar refractivity (Wildman–Crippen MR) is 81.7 cm³/mol. The van der Waals surface area contributed by atoms with Gasteiger partial charge in [0.25, 0.3) is 0 Å². The van der Waals surface area contributed by atoms with Gasteiger partial charge in [0.15, 0.2) is 0 Å². The highest BCUT2D eigenvalue weighted by molar-refractivity contribution is 5.42. The highest BCUT2D eigenvalue weighted by Gasteiger charge is 2.14. The van der Waals surface area contributed by atoms with Crippen LogP contribution in [0.3, 0.4) is 0 Å². The van der Waals surface area contributed by atoms with Crippen molar-refractivity contribution in [2.75, 3.05) is 29.7 Å². The maximum Gasteiger partial charge on any atom is 0.243 e. The van der Waals surface area contributed by atoms with Crippen LogP contribution in [0, 0.1) is 0 Å². The van der Waals surface area contributed by atoms with Crippen molar-refractivity contribution in [3.63, 3.8) is 0 Å². The molecular formula is C13H25N7. The van der Waals surface area contributed by atoms with Crippen molar-refractivity contribution in [3.05, 3.63) is 0 Å². The Morgan fingerprint density at radius 3 is 2.15 bits per heavy atom. The quantitative estimate of drug-likeness (QED) is 0.571. The highest BCUT2D eigenvalue weighted by Crippen LogP contribution is 2.20. The van der Waals surface area contributed by atoms with Gasteiger partial charge in [-0.05, 0) is 12.8 Å². The lowest BCUT2D eigenvalue weighted by Gasteiger charge is -2.21. The number of hydrogen-bond acceptors (Lipinski definition) is 7. The van der Waals surface area contributed by atoms with Crippen molar-refractivity contribution in [2.24, 2.45) is 5.84 Å². The molecule has 0 saturated heterocycles. The van der Waals surface area contributed by atoms with E-state index in [0.29, 0.717) is 23.9 Å². The van der Waals surface area contributed by atoms with Crippen LogP contribution in [0.15, 0.2) is 0 Å². The molecule has 1 aromatic rings. The molecule has 4 N–H and O–H groups in total. The summed E-state index contributed by atoms with van der Waals surface area (Å²) in [5, 5.41) is 3.43. The maximum absolute atomic E-state index is 5.42. The van der Waals surface area contributed by atoms with Crippen LogP contribution in [-0.4, -0.2) is 35.1 Å². The predicted octanol–water partition coefficient (Wildman–Crippen LogP) is 1.75. The van der Waals surface area contributed by atoms with Gasteiger partial charge >= 0.3 is 0 Å². The fourth-order valence-electron chi connectivity index (χ4n) is 2.48. The van der Waals surface area contributed by atoms with Crippen LogP contribution in [0.25, 0.3) is 0 Å². The van der Waals surface area contributed by atoms with E-state index >= 15 is 0 Å². The Morgan fingerprint density at radius 2 is 1.55 bits per heavy atom. The molecule has 1 fully saturated rings. The van der Waals surface area contributed by atoms with Gasteiger partial charge in [-0.1, -0.05) is 32.1 Å². The second-order valence-corrected chi connectivity index (χ2v) is 5.51. The van der Waals surface area contributed by atoms with Crippen LogP contribution in [0.2, 0.25) is 0 Å². The van der Waals surface area contributed by atoms with Crippen molar-refractivity contribution in [1.82, 2.24) is 15.0 Å². The van der Waals surface area contributed by atoms with Crippen LogP contribution < -0.4 is 21.5 Å². The monoisotopic (exact) mass is 279 g/mol. The Balaban J connectivity index is 2.08. The number of nitrogens with one attached hydrogen (secondary N) is 2. The Hall–Kier alpha value is -1.63. The van der Waals surface area contributed by atoms with Crippen molar-refractivity contribution >= 4 is 17.8 Å². The maximum atomic E-state index is 5.42. The average molecular weight is 279 g/mol. The molecule has 0 spiro atoms. The van der Waals surface area contributed by atoms with Gasteiger partial charge in [-0.3, -0.25) is 5.43 Å². The van der Waals surface area contributed by atoms with Gasteiger partial charge in [-0.25, -0.2) is 5.84 Å². The standard InChI is InChI=1S/C13H25N7/c1-20(2)13-17-11(16-12(18-13)19-14)15-10-8-6-4-3-5-7-9-10/h10H,3-9,14H2,1-2H3,(H2,15,16,17,18,19). The number of nitrogens with two attached hydrogens (primary N) is 1. The molecule has 1 saturated carbocycles. The number of hydrogen-bond donors (Lipinski definition) is 3. The Labute approximate surface area is 120 Å². The zero-order chi connectivity index (χ0) is 14.4. The van der Waals surface area contributed by atoms with E-state index in [0.717, 1.165) is 0 Å². The first-order valence-electron chi connectivity index (χ1n) is 7.35. The second kappa shape index (κ2) is 7.23. The van der Waals surface area contributed by atoms with Gasteiger partial charge in [0.1, 0.15) is 0 Å². The summed E-state index contributed by atoms with van der Waals surface area (Å²) in [6.07, 6.45) is 8.91. The highest BCUT2D eigenvalue weighted by atomic mass is 15.4. The molecule has 20 heavy (non-hydrogen) atoms. The molecule has 112 valence electrons. The van der Waals surface area contributed by atoms with E-state index in [1.54, 1.807) is 0 Å². The largest absolute Gasteiger partial charge is 0.351 e. The van der Waals surface area contributed by atoms with E-state index in [1.165, 1.54) is 44.9 Å². The van der Waals surface area contributed by atoms with E-state index in [4.69, 9.17) is 5.84 Å². The molecule has 1 aromatic heterocycles. The van der Waals surface area contributed by atoms with E-state index in [9.17, 15) is 0 Å². The average Bonchev–Trinajstić information content (AvgIpc) is 2.41. The first kappa shape index (κ1) is 14.8. The molecule has 0 radical (unpaired) electrons. The number of nitrogens with zero attached hydrogens (tertiary/aromatic N) is 4. The van der Waals surface area contributed by atoms with Gasteiger partial charge in [-0.2, -0.15) is 15.0 Å². The Bertz CT molecular complexity index is 413. The third-order valence-electron chi connectivity index (χ3n) is 3.59. The second-order valence-electron chi connectivity index (χ2n) is 5.51. The first-order valence-corrected chi connectivity index (χ1v) is 7.35. The molecular weight excluding hydrogens is 254 g/mol.